The molecule has 0 bridgehead atoms. The Morgan fingerprint density at radius 2 is 2.17 bits per heavy atom. The smallest absolute Gasteiger partial charge is 0.278 e. The van der Waals surface area contributed by atoms with Crippen molar-refractivity contribution in [3.63, 3.8) is 0 Å². The highest BCUT2D eigenvalue weighted by Crippen LogP contribution is 2.52. The minimum atomic E-state index is -2.69. The van der Waals surface area contributed by atoms with Gasteiger partial charge in [0.2, 0.25) is 11.7 Å². The van der Waals surface area contributed by atoms with E-state index in [1.54, 1.807) is 6.07 Å². The SMILES string of the molecule is CCOc1cnc(-c2noc(-c3ccn(C4CC4(F)F)n3)n2)cn1. The molecule has 10 heteroatoms. The number of nitrogens with zero attached hydrogens (tertiary/aromatic N) is 6. The van der Waals surface area contributed by atoms with Gasteiger partial charge in [0.05, 0.1) is 19.0 Å². The van der Waals surface area contributed by atoms with Gasteiger partial charge in [-0.1, -0.05) is 5.16 Å². The maximum absolute atomic E-state index is 13.1. The number of ether oxygens (including phenoxy) is 1. The summed E-state index contributed by atoms with van der Waals surface area (Å²) in [5.74, 6) is -1.94. The van der Waals surface area contributed by atoms with Crippen molar-refractivity contribution in [2.45, 2.75) is 25.3 Å². The summed E-state index contributed by atoms with van der Waals surface area (Å²) >= 11 is 0. The quantitative estimate of drug-likeness (QED) is 0.707. The van der Waals surface area contributed by atoms with Gasteiger partial charge in [-0.2, -0.15) is 10.1 Å². The van der Waals surface area contributed by atoms with Crippen molar-refractivity contribution in [3.8, 4) is 29.0 Å². The lowest BCUT2D eigenvalue weighted by Crippen LogP contribution is -2.02. The number of rotatable bonds is 5. The standard InChI is InChI=1S/C14H12F2N6O2/c1-2-23-11-7-17-9(6-18-11)12-19-13(24-21-12)8-3-4-22(20-8)10-5-14(10,15)16/h3-4,6-7,10H,2,5H2,1H3. The first-order chi connectivity index (χ1) is 11.6. The van der Waals surface area contributed by atoms with Crippen LogP contribution in [0.4, 0.5) is 8.78 Å². The van der Waals surface area contributed by atoms with Crippen LogP contribution in [-0.4, -0.2) is 42.4 Å². The number of aromatic nitrogens is 6. The molecule has 1 fully saturated rings. The van der Waals surface area contributed by atoms with Gasteiger partial charge in [0.15, 0.2) is 5.69 Å². The maximum atomic E-state index is 13.1. The van der Waals surface area contributed by atoms with Crippen LogP contribution < -0.4 is 4.74 Å². The van der Waals surface area contributed by atoms with Gasteiger partial charge in [-0.3, -0.25) is 4.68 Å². The van der Waals surface area contributed by atoms with Crippen molar-refractivity contribution < 1.29 is 18.0 Å². The minimum Gasteiger partial charge on any atom is -0.477 e. The molecule has 0 spiro atoms. The average molecular weight is 334 g/mol. The van der Waals surface area contributed by atoms with Gasteiger partial charge in [-0.25, -0.2) is 18.7 Å². The zero-order chi connectivity index (χ0) is 16.7. The summed E-state index contributed by atoms with van der Waals surface area (Å²) in [4.78, 5) is 12.4. The molecule has 0 aliphatic heterocycles. The van der Waals surface area contributed by atoms with Crippen LogP contribution >= 0.6 is 0 Å². The molecule has 4 rings (SSSR count). The fourth-order valence-corrected chi connectivity index (χ4v) is 2.20. The van der Waals surface area contributed by atoms with Crippen LogP contribution in [0.1, 0.15) is 19.4 Å². The molecule has 0 aromatic carbocycles. The molecule has 1 unspecified atom stereocenters. The van der Waals surface area contributed by atoms with Crippen LogP contribution in [0.5, 0.6) is 5.88 Å². The van der Waals surface area contributed by atoms with Gasteiger partial charge in [0.1, 0.15) is 11.7 Å². The van der Waals surface area contributed by atoms with Crippen LogP contribution in [0, 0.1) is 0 Å². The van der Waals surface area contributed by atoms with Gasteiger partial charge >= 0.3 is 0 Å². The van der Waals surface area contributed by atoms with E-state index in [2.05, 4.69) is 25.2 Å². The molecule has 8 nitrogen and oxygen atoms in total. The summed E-state index contributed by atoms with van der Waals surface area (Å²) in [5.41, 5.74) is 0.733. The number of hydrogen-bond donors (Lipinski definition) is 0. The van der Waals surface area contributed by atoms with Crippen molar-refractivity contribution in [3.05, 3.63) is 24.7 Å². The Bertz CT molecular complexity index is 860. The van der Waals surface area contributed by atoms with Gasteiger partial charge in [-0.05, 0) is 13.0 Å². The minimum absolute atomic E-state index is 0.128. The van der Waals surface area contributed by atoms with Crippen LogP contribution in [-0.2, 0) is 0 Å². The molecular weight excluding hydrogens is 322 g/mol. The van der Waals surface area contributed by atoms with E-state index in [4.69, 9.17) is 9.26 Å². The zero-order valence-electron chi connectivity index (χ0n) is 12.6. The van der Waals surface area contributed by atoms with E-state index >= 15 is 0 Å². The van der Waals surface area contributed by atoms with E-state index in [1.165, 1.54) is 23.3 Å². The molecule has 24 heavy (non-hydrogen) atoms. The maximum Gasteiger partial charge on any atom is 0.278 e. The van der Waals surface area contributed by atoms with Gasteiger partial charge in [-0.15, -0.1) is 0 Å². The molecule has 1 aliphatic rings. The Hall–Kier alpha value is -2.91. The van der Waals surface area contributed by atoms with Gasteiger partial charge in [0, 0.05) is 12.6 Å². The predicted octanol–water partition coefficient (Wildman–Crippen LogP) is 2.37. The molecule has 1 aliphatic carbocycles. The number of alkyl halides is 2. The normalized spacial score (nSPS) is 18.5. The Morgan fingerprint density at radius 1 is 1.33 bits per heavy atom. The van der Waals surface area contributed by atoms with E-state index in [0.29, 0.717) is 23.9 Å². The van der Waals surface area contributed by atoms with E-state index in [0.717, 1.165) is 0 Å². The van der Waals surface area contributed by atoms with E-state index in [9.17, 15) is 8.78 Å². The molecule has 0 N–H and O–H groups in total. The van der Waals surface area contributed by atoms with Crippen LogP contribution in [0.15, 0.2) is 29.2 Å². The third-order valence-corrected chi connectivity index (χ3v) is 3.52. The molecule has 3 aromatic rings. The first-order valence-corrected chi connectivity index (χ1v) is 7.29. The summed E-state index contributed by atoms with van der Waals surface area (Å²) < 4.78 is 37.7. The highest BCUT2D eigenvalue weighted by molar-refractivity contribution is 5.53. The molecule has 124 valence electrons. The zero-order valence-corrected chi connectivity index (χ0v) is 12.6. The third kappa shape index (κ3) is 2.59. The summed E-state index contributed by atoms with van der Waals surface area (Å²) in [6.45, 7) is 2.33. The second-order valence-electron chi connectivity index (χ2n) is 5.26. The number of halogens is 2. The molecule has 1 atom stereocenters. The van der Waals surface area contributed by atoms with Crippen molar-refractivity contribution in [2.75, 3.05) is 6.61 Å². The van der Waals surface area contributed by atoms with E-state index < -0.39 is 12.0 Å². The first-order valence-electron chi connectivity index (χ1n) is 7.29. The van der Waals surface area contributed by atoms with Crippen LogP contribution in [0.3, 0.4) is 0 Å². The number of hydrogen-bond acceptors (Lipinski definition) is 7. The lowest BCUT2D eigenvalue weighted by molar-refractivity contribution is 0.0984. The fraction of sp³-hybridized carbons (Fsp3) is 0.357. The summed E-state index contributed by atoms with van der Waals surface area (Å²) in [7, 11) is 0. The van der Waals surface area contributed by atoms with Gasteiger partial charge < -0.3 is 9.26 Å². The van der Waals surface area contributed by atoms with Crippen molar-refractivity contribution in [1.82, 2.24) is 29.9 Å². The summed E-state index contributed by atoms with van der Waals surface area (Å²) in [6.07, 6.45) is 4.19. The molecule has 3 aromatic heterocycles. The Kier molecular flexibility index (Phi) is 3.25. The average Bonchev–Trinajstić information content (AvgIpc) is 3.01. The Balaban J connectivity index is 1.54. The summed E-state index contributed by atoms with van der Waals surface area (Å²) in [6, 6.07) is 0.654. The monoisotopic (exact) mass is 334 g/mol. The Labute approximate surface area is 134 Å². The van der Waals surface area contributed by atoms with E-state index in [1.807, 2.05) is 6.92 Å². The lowest BCUT2D eigenvalue weighted by atomic mass is 10.4. The molecule has 0 saturated heterocycles. The van der Waals surface area contributed by atoms with Gasteiger partial charge in [0.25, 0.3) is 11.8 Å². The molecule has 1 saturated carbocycles. The Morgan fingerprint density at radius 3 is 2.83 bits per heavy atom. The van der Waals surface area contributed by atoms with E-state index in [-0.39, 0.29) is 18.1 Å². The fourth-order valence-electron chi connectivity index (χ4n) is 2.20. The van der Waals surface area contributed by atoms with Crippen LogP contribution in [0.25, 0.3) is 23.1 Å². The third-order valence-electron chi connectivity index (χ3n) is 3.52. The second-order valence-corrected chi connectivity index (χ2v) is 5.26. The molecule has 0 amide bonds. The topological polar surface area (TPSA) is 91.8 Å². The van der Waals surface area contributed by atoms with Crippen molar-refractivity contribution in [2.24, 2.45) is 0 Å². The largest absolute Gasteiger partial charge is 0.477 e. The highest BCUT2D eigenvalue weighted by atomic mass is 19.3. The van der Waals surface area contributed by atoms with Crippen LogP contribution in [0.2, 0.25) is 0 Å². The van der Waals surface area contributed by atoms with Crippen molar-refractivity contribution in [1.29, 1.82) is 0 Å². The highest BCUT2D eigenvalue weighted by Gasteiger charge is 2.59. The molecule has 0 radical (unpaired) electrons. The summed E-state index contributed by atoms with van der Waals surface area (Å²) in [5, 5.41) is 7.88. The molecular formula is C14H12F2N6O2. The lowest BCUT2D eigenvalue weighted by Gasteiger charge is -2.00. The first kappa shape index (κ1) is 14.7. The second kappa shape index (κ2) is 5.32. The molecule has 3 heterocycles. The predicted molar refractivity (Wildman–Crippen MR) is 76.3 cm³/mol. The van der Waals surface area contributed by atoms with Crippen molar-refractivity contribution >= 4 is 0 Å².